The molecule has 3 heteroatoms. The Morgan fingerprint density at radius 1 is 1.25 bits per heavy atom. The molecule has 12 heavy (non-hydrogen) atoms. The number of benzene rings is 1. The van der Waals surface area contributed by atoms with Crippen molar-refractivity contribution in [2.24, 2.45) is 0 Å². The lowest BCUT2D eigenvalue weighted by Gasteiger charge is -2.04. The van der Waals surface area contributed by atoms with Crippen LogP contribution in [0.4, 0.5) is 0 Å². The standard InChI is InChI=1S/C9H11ClO2/c1-11-6-7-3-8(10)5-9(4-7)12-2/h3-5H,6H2,1-2H3. The third-order valence-electron chi connectivity index (χ3n) is 1.48. The molecule has 0 spiro atoms. The van der Waals surface area contributed by atoms with E-state index in [1.807, 2.05) is 12.1 Å². The largest absolute Gasteiger partial charge is 0.497 e. The van der Waals surface area contributed by atoms with Crippen LogP contribution in [-0.4, -0.2) is 14.2 Å². The Kier molecular flexibility index (Phi) is 3.38. The molecule has 0 unspecified atom stereocenters. The molecule has 0 fully saturated rings. The summed E-state index contributed by atoms with van der Waals surface area (Å²) in [7, 11) is 3.26. The van der Waals surface area contributed by atoms with Gasteiger partial charge in [0.25, 0.3) is 0 Å². The first-order chi connectivity index (χ1) is 5.76. The molecule has 0 heterocycles. The second kappa shape index (κ2) is 4.33. The molecule has 0 aromatic heterocycles. The van der Waals surface area contributed by atoms with E-state index < -0.39 is 0 Å². The van der Waals surface area contributed by atoms with Crippen LogP contribution in [0.1, 0.15) is 5.56 Å². The minimum atomic E-state index is 0.552. The van der Waals surface area contributed by atoms with Crippen LogP contribution in [-0.2, 0) is 11.3 Å². The van der Waals surface area contributed by atoms with Crippen molar-refractivity contribution in [3.8, 4) is 5.75 Å². The molecule has 0 aliphatic rings. The summed E-state index contributed by atoms with van der Waals surface area (Å²) in [5, 5.41) is 0.668. The van der Waals surface area contributed by atoms with Crippen molar-refractivity contribution in [1.29, 1.82) is 0 Å². The summed E-state index contributed by atoms with van der Waals surface area (Å²) >= 11 is 5.83. The van der Waals surface area contributed by atoms with Gasteiger partial charge in [-0.15, -0.1) is 0 Å². The summed E-state index contributed by atoms with van der Waals surface area (Å²) in [6, 6.07) is 5.52. The van der Waals surface area contributed by atoms with Crippen molar-refractivity contribution in [3.63, 3.8) is 0 Å². The van der Waals surface area contributed by atoms with Gasteiger partial charge in [-0.25, -0.2) is 0 Å². The minimum absolute atomic E-state index is 0.552. The van der Waals surface area contributed by atoms with E-state index in [-0.39, 0.29) is 0 Å². The van der Waals surface area contributed by atoms with Crippen molar-refractivity contribution in [1.82, 2.24) is 0 Å². The molecule has 0 aliphatic carbocycles. The highest BCUT2D eigenvalue weighted by Crippen LogP contribution is 2.20. The van der Waals surface area contributed by atoms with Crippen LogP contribution < -0.4 is 4.74 Å². The van der Waals surface area contributed by atoms with Gasteiger partial charge in [0.05, 0.1) is 13.7 Å². The van der Waals surface area contributed by atoms with Gasteiger partial charge in [0.2, 0.25) is 0 Å². The van der Waals surface area contributed by atoms with E-state index >= 15 is 0 Å². The average molecular weight is 187 g/mol. The second-order valence-electron chi connectivity index (χ2n) is 2.43. The fourth-order valence-corrected chi connectivity index (χ4v) is 1.24. The second-order valence-corrected chi connectivity index (χ2v) is 2.87. The highest BCUT2D eigenvalue weighted by molar-refractivity contribution is 6.30. The van der Waals surface area contributed by atoms with Crippen molar-refractivity contribution in [2.75, 3.05) is 14.2 Å². The summed E-state index contributed by atoms with van der Waals surface area (Å²) in [6.07, 6.45) is 0. The predicted molar refractivity (Wildman–Crippen MR) is 48.7 cm³/mol. The van der Waals surface area contributed by atoms with Gasteiger partial charge in [0, 0.05) is 12.1 Å². The van der Waals surface area contributed by atoms with E-state index in [1.54, 1.807) is 20.3 Å². The molecule has 0 bridgehead atoms. The quantitative estimate of drug-likeness (QED) is 0.722. The number of ether oxygens (including phenoxy) is 2. The summed E-state index contributed by atoms with van der Waals surface area (Å²) in [6.45, 7) is 0.552. The zero-order valence-electron chi connectivity index (χ0n) is 7.13. The maximum Gasteiger partial charge on any atom is 0.120 e. The number of hydrogen-bond acceptors (Lipinski definition) is 2. The van der Waals surface area contributed by atoms with Gasteiger partial charge in [-0.2, -0.15) is 0 Å². The van der Waals surface area contributed by atoms with Gasteiger partial charge < -0.3 is 9.47 Å². The first-order valence-electron chi connectivity index (χ1n) is 3.58. The lowest BCUT2D eigenvalue weighted by molar-refractivity contribution is 0.184. The van der Waals surface area contributed by atoms with Crippen LogP contribution in [0, 0.1) is 0 Å². The van der Waals surface area contributed by atoms with Gasteiger partial charge in [-0.05, 0) is 23.8 Å². The molecule has 0 amide bonds. The number of halogens is 1. The molecule has 0 saturated heterocycles. The van der Waals surface area contributed by atoms with E-state index in [2.05, 4.69) is 0 Å². The maximum absolute atomic E-state index is 5.83. The topological polar surface area (TPSA) is 18.5 Å². The van der Waals surface area contributed by atoms with Gasteiger partial charge in [-0.3, -0.25) is 0 Å². The van der Waals surface area contributed by atoms with Gasteiger partial charge in [0.15, 0.2) is 0 Å². The summed E-state index contributed by atoms with van der Waals surface area (Å²) in [5.74, 6) is 0.759. The SMILES string of the molecule is COCc1cc(Cl)cc(OC)c1. The van der Waals surface area contributed by atoms with Gasteiger partial charge in [-0.1, -0.05) is 11.6 Å². The Balaban J connectivity index is 2.90. The number of rotatable bonds is 3. The van der Waals surface area contributed by atoms with Gasteiger partial charge >= 0.3 is 0 Å². The Morgan fingerprint density at radius 2 is 2.00 bits per heavy atom. The average Bonchev–Trinajstić information content (AvgIpc) is 2.04. The van der Waals surface area contributed by atoms with Crippen LogP contribution in [0.5, 0.6) is 5.75 Å². The molecule has 0 N–H and O–H groups in total. The predicted octanol–water partition coefficient (Wildman–Crippen LogP) is 2.50. The molecule has 0 saturated carbocycles. The zero-order chi connectivity index (χ0) is 8.97. The van der Waals surface area contributed by atoms with Crippen LogP contribution in [0.3, 0.4) is 0 Å². The summed E-state index contributed by atoms with van der Waals surface area (Å²) in [5.41, 5.74) is 1.02. The molecule has 1 aromatic rings. The third kappa shape index (κ3) is 2.40. The van der Waals surface area contributed by atoms with Crippen molar-refractivity contribution >= 4 is 11.6 Å². The fraction of sp³-hybridized carbons (Fsp3) is 0.333. The molecular weight excluding hydrogens is 176 g/mol. The smallest absolute Gasteiger partial charge is 0.120 e. The van der Waals surface area contributed by atoms with Crippen LogP contribution >= 0.6 is 11.6 Å². The van der Waals surface area contributed by atoms with Crippen LogP contribution in [0.2, 0.25) is 5.02 Å². The Labute approximate surface area is 77.1 Å². The number of hydrogen-bond donors (Lipinski definition) is 0. The van der Waals surface area contributed by atoms with Crippen molar-refractivity contribution in [3.05, 3.63) is 28.8 Å². The third-order valence-corrected chi connectivity index (χ3v) is 1.70. The number of methoxy groups -OCH3 is 2. The van der Waals surface area contributed by atoms with Crippen LogP contribution in [0.15, 0.2) is 18.2 Å². The molecule has 0 atom stereocenters. The zero-order valence-corrected chi connectivity index (χ0v) is 7.89. The van der Waals surface area contributed by atoms with E-state index in [4.69, 9.17) is 21.1 Å². The monoisotopic (exact) mass is 186 g/mol. The highest BCUT2D eigenvalue weighted by atomic mass is 35.5. The Hall–Kier alpha value is -0.730. The molecule has 1 aromatic carbocycles. The molecular formula is C9H11ClO2. The van der Waals surface area contributed by atoms with E-state index in [0.29, 0.717) is 11.6 Å². The van der Waals surface area contributed by atoms with Crippen molar-refractivity contribution in [2.45, 2.75) is 6.61 Å². The lowest BCUT2D eigenvalue weighted by Crippen LogP contribution is -1.89. The van der Waals surface area contributed by atoms with E-state index in [0.717, 1.165) is 11.3 Å². The van der Waals surface area contributed by atoms with E-state index in [9.17, 15) is 0 Å². The fourth-order valence-electron chi connectivity index (χ4n) is 0.989. The Morgan fingerprint density at radius 3 is 2.58 bits per heavy atom. The minimum Gasteiger partial charge on any atom is -0.497 e. The Bertz CT molecular complexity index is 261. The molecule has 66 valence electrons. The summed E-state index contributed by atoms with van der Waals surface area (Å²) in [4.78, 5) is 0. The van der Waals surface area contributed by atoms with Gasteiger partial charge in [0.1, 0.15) is 5.75 Å². The van der Waals surface area contributed by atoms with Crippen LogP contribution in [0.25, 0.3) is 0 Å². The molecule has 1 rings (SSSR count). The lowest BCUT2D eigenvalue weighted by atomic mass is 10.2. The molecule has 0 aliphatic heterocycles. The summed E-state index contributed by atoms with van der Waals surface area (Å²) < 4.78 is 10.0. The first-order valence-corrected chi connectivity index (χ1v) is 3.96. The first kappa shape index (κ1) is 9.36. The van der Waals surface area contributed by atoms with Crippen molar-refractivity contribution < 1.29 is 9.47 Å². The maximum atomic E-state index is 5.83. The highest BCUT2D eigenvalue weighted by Gasteiger charge is 1.98. The molecule has 2 nitrogen and oxygen atoms in total. The molecule has 0 radical (unpaired) electrons. The normalized spacial score (nSPS) is 9.92. The van der Waals surface area contributed by atoms with E-state index in [1.165, 1.54) is 0 Å².